The highest BCUT2D eigenvalue weighted by Crippen LogP contribution is 2.27. The van der Waals surface area contributed by atoms with Crippen LogP contribution in [0.5, 0.6) is 11.5 Å². The summed E-state index contributed by atoms with van der Waals surface area (Å²) in [5.74, 6) is 0.546. The van der Waals surface area contributed by atoms with Crippen LogP contribution in [0.25, 0.3) is 0 Å². The summed E-state index contributed by atoms with van der Waals surface area (Å²) in [6.07, 6.45) is 2.15. The average Bonchev–Trinajstić information content (AvgIpc) is 3.12. The maximum Gasteiger partial charge on any atom is 0.262 e. The zero-order valence-corrected chi connectivity index (χ0v) is 14.9. The highest BCUT2D eigenvalue weighted by Gasteiger charge is 2.21. The number of nitrogens with zero attached hydrogens (tertiary/aromatic N) is 1. The molecule has 2 aromatic rings. The largest absolute Gasteiger partial charge is 0.493 e. The normalized spacial score (nSPS) is 13.4. The Labute approximate surface area is 156 Å². The fourth-order valence-corrected chi connectivity index (χ4v) is 2.86. The standard InChI is InChI=1S/C20H20N2O5/c1-26-18-11-14(12-23)4-9-17(18)27-13-19(24)21-15-5-7-16(8-6-15)22-10-2-3-20(22)25/h4-9,11-12H,2-3,10,13H2,1H3,(H,21,24). The van der Waals surface area contributed by atoms with Gasteiger partial charge in [0.25, 0.3) is 5.91 Å². The van der Waals surface area contributed by atoms with Crippen molar-refractivity contribution < 1.29 is 23.9 Å². The minimum absolute atomic E-state index is 0.120. The minimum atomic E-state index is -0.332. The van der Waals surface area contributed by atoms with Gasteiger partial charge in [-0.15, -0.1) is 0 Å². The molecular formula is C20H20N2O5. The number of benzene rings is 2. The first kappa shape index (κ1) is 18.4. The quantitative estimate of drug-likeness (QED) is 0.760. The fraction of sp³-hybridized carbons (Fsp3) is 0.250. The number of methoxy groups -OCH3 is 1. The summed E-state index contributed by atoms with van der Waals surface area (Å²) in [5, 5.41) is 2.74. The Morgan fingerprint density at radius 2 is 1.96 bits per heavy atom. The van der Waals surface area contributed by atoms with E-state index in [0.717, 1.165) is 18.7 Å². The summed E-state index contributed by atoms with van der Waals surface area (Å²) in [4.78, 5) is 36.4. The van der Waals surface area contributed by atoms with Crippen molar-refractivity contribution in [3.8, 4) is 11.5 Å². The van der Waals surface area contributed by atoms with Crippen molar-refractivity contribution in [1.82, 2.24) is 0 Å². The lowest BCUT2D eigenvalue weighted by atomic mass is 10.2. The van der Waals surface area contributed by atoms with Gasteiger partial charge in [0.2, 0.25) is 5.91 Å². The topological polar surface area (TPSA) is 84.9 Å². The van der Waals surface area contributed by atoms with E-state index in [4.69, 9.17) is 9.47 Å². The number of nitrogens with one attached hydrogen (secondary N) is 1. The number of anilines is 2. The van der Waals surface area contributed by atoms with Crippen LogP contribution in [-0.2, 0) is 9.59 Å². The molecule has 0 saturated carbocycles. The number of hydrogen-bond acceptors (Lipinski definition) is 5. The van der Waals surface area contributed by atoms with Crippen LogP contribution in [0, 0.1) is 0 Å². The molecule has 0 aliphatic carbocycles. The van der Waals surface area contributed by atoms with E-state index in [0.29, 0.717) is 35.5 Å². The minimum Gasteiger partial charge on any atom is -0.493 e. The molecule has 2 aromatic carbocycles. The fourth-order valence-electron chi connectivity index (χ4n) is 2.86. The summed E-state index contributed by atoms with van der Waals surface area (Å²) >= 11 is 0. The monoisotopic (exact) mass is 368 g/mol. The molecule has 0 spiro atoms. The molecule has 3 rings (SSSR count). The third-order valence-corrected chi connectivity index (χ3v) is 4.22. The van der Waals surface area contributed by atoms with Crippen molar-refractivity contribution in [2.24, 2.45) is 0 Å². The molecule has 0 unspecified atom stereocenters. The van der Waals surface area contributed by atoms with E-state index in [9.17, 15) is 14.4 Å². The van der Waals surface area contributed by atoms with Gasteiger partial charge in [0, 0.05) is 29.9 Å². The average molecular weight is 368 g/mol. The van der Waals surface area contributed by atoms with E-state index in [-0.39, 0.29) is 18.4 Å². The number of aldehydes is 1. The second kappa shape index (κ2) is 8.35. The maximum atomic E-state index is 12.1. The van der Waals surface area contributed by atoms with Crippen LogP contribution in [0.3, 0.4) is 0 Å². The number of hydrogen-bond donors (Lipinski definition) is 1. The predicted molar refractivity (Wildman–Crippen MR) is 101 cm³/mol. The van der Waals surface area contributed by atoms with Gasteiger partial charge in [-0.25, -0.2) is 0 Å². The smallest absolute Gasteiger partial charge is 0.262 e. The molecule has 7 nitrogen and oxygen atoms in total. The molecule has 0 radical (unpaired) electrons. The molecule has 0 aromatic heterocycles. The van der Waals surface area contributed by atoms with Crippen molar-refractivity contribution in [1.29, 1.82) is 0 Å². The van der Waals surface area contributed by atoms with Crippen LogP contribution in [0.15, 0.2) is 42.5 Å². The zero-order valence-electron chi connectivity index (χ0n) is 14.9. The molecule has 27 heavy (non-hydrogen) atoms. The highest BCUT2D eigenvalue weighted by molar-refractivity contribution is 5.96. The van der Waals surface area contributed by atoms with Crippen LogP contribution in [0.4, 0.5) is 11.4 Å². The molecule has 1 saturated heterocycles. The number of rotatable bonds is 7. The van der Waals surface area contributed by atoms with Crippen LogP contribution in [0.1, 0.15) is 23.2 Å². The maximum absolute atomic E-state index is 12.1. The number of carbonyl (C=O) groups is 3. The third kappa shape index (κ3) is 4.44. The number of ether oxygens (including phenoxy) is 2. The van der Waals surface area contributed by atoms with E-state index in [2.05, 4.69) is 5.32 Å². The molecule has 7 heteroatoms. The van der Waals surface area contributed by atoms with E-state index < -0.39 is 0 Å². The lowest BCUT2D eigenvalue weighted by Crippen LogP contribution is -2.23. The molecule has 1 aliphatic rings. The second-order valence-corrected chi connectivity index (χ2v) is 6.06. The Kier molecular flexibility index (Phi) is 5.71. The van der Waals surface area contributed by atoms with E-state index in [1.165, 1.54) is 7.11 Å². The highest BCUT2D eigenvalue weighted by atomic mass is 16.5. The van der Waals surface area contributed by atoms with Gasteiger partial charge >= 0.3 is 0 Å². The van der Waals surface area contributed by atoms with Gasteiger partial charge in [-0.3, -0.25) is 14.4 Å². The van der Waals surface area contributed by atoms with Crippen LogP contribution in [0.2, 0.25) is 0 Å². The third-order valence-electron chi connectivity index (χ3n) is 4.22. The summed E-state index contributed by atoms with van der Waals surface area (Å²) < 4.78 is 10.6. The summed E-state index contributed by atoms with van der Waals surface area (Å²) in [6, 6.07) is 11.8. The van der Waals surface area contributed by atoms with E-state index in [1.54, 1.807) is 47.4 Å². The SMILES string of the molecule is COc1cc(C=O)ccc1OCC(=O)Nc1ccc(N2CCCC2=O)cc1. The Bertz CT molecular complexity index is 848. The first-order chi connectivity index (χ1) is 13.1. The number of amides is 2. The van der Waals surface area contributed by atoms with Crippen LogP contribution >= 0.6 is 0 Å². The van der Waals surface area contributed by atoms with Crippen molar-refractivity contribution >= 4 is 29.5 Å². The van der Waals surface area contributed by atoms with Gasteiger partial charge in [-0.1, -0.05) is 0 Å². The Morgan fingerprint density at radius 1 is 1.19 bits per heavy atom. The van der Waals surface area contributed by atoms with Crippen LogP contribution < -0.4 is 19.7 Å². The van der Waals surface area contributed by atoms with Crippen molar-refractivity contribution in [2.75, 3.05) is 30.5 Å². The molecule has 2 amide bonds. The van der Waals surface area contributed by atoms with E-state index in [1.807, 2.05) is 0 Å². The summed E-state index contributed by atoms with van der Waals surface area (Å²) in [5.41, 5.74) is 1.90. The molecule has 1 heterocycles. The van der Waals surface area contributed by atoms with Crippen molar-refractivity contribution in [3.05, 3.63) is 48.0 Å². The van der Waals surface area contributed by atoms with Gasteiger partial charge < -0.3 is 19.7 Å². The van der Waals surface area contributed by atoms with Gasteiger partial charge in [-0.2, -0.15) is 0 Å². The molecule has 1 aliphatic heterocycles. The Hall–Kier alpha value is -3.35. The first-order valence-corrected chi connectivity index (χ1v) is 8.57. The second-order valence-electron chi connectivity index (χ2n) is 6.06. The first-order valence-electron chi connectivity index (χ1n) is 8.57. The van der Waals surface area contributed by atoms with Gasteiger partial charge in [0.05, 0.1) is 7.11 Å². The molecule has 140 valence electrons. The van der Waals surface area contributed by atoms with Gasteiger partial charge in [-0.05, 0) is 48.9 Å². The van der Waals surface area contributed by atoms with Gasteiger partial charge in [0.15, 0.2) is 18.1 Å². The molecule has 0 atom stereocenters. The summed E-state index contributed by atoms with van der Waals surface area (Å²) in [6.45, 7) is 0.520. The van der Waals surface area contributed by atoms with E-state index >= 15 is 0 Å². The Balaban J connectivity index is 1.56. The molecular weight excluding hydrogens is 348 g/mol. The van der Waals surface area contributed by atoms with Gasteiger partial charge in [0.1, 0.15) is 6.29 Å². The molecule has 0 bridgehead atoms. The Morgan fingerprint density at radius 3 is 2.59 bits per heavy atom. The zero-order chi connectivity index (χ0) is 19.2. The lowest BCUT2D eigenvalue weighted by molar-refractivity contribution is -0.118. The van der Waals surface area contributed by atoms with Crippen LogP contribution in [-0.4, -0.2) is 38.4 Å². The number of carbonyl (C=O) groups excluding carboxylic acids is 3. The molecule has 1 N–H and O–H groups in total. The van der Waals surface area contributed by atoms with Crippen molar-refractivity contribution in [2.45, 2.75) is 12.8 Å². The predicted octanol–water partition coefficient (Wildman–Crippen LogP) is 2.65. The van der Waals surface area contributed by atoms with Crippen molar-refractivity contribution in [3.63, 3.8) is 0 Å². The summed E-state index contributed by atoms with van der Waals surface area (Å²) in [7, 11) is 1.46. The lowest BCUT2D eigenvalue weighted by Gasteiger charge is -2.16. The molecule has 1 fully saturated rings.